The standard InChI is InChI=1S/C21H22ClN3O/c22-19-6-2-1-4-16(19)7-8-20(26)25-12-9-15(10-13-25)18-14-24-21-17(18)5-3-11-23-21/h1-6,11,14-15H,7-10,12-13H2,(H,23,24). The summed E-state index contributed by atoms with van der Waals surface area (Å²) >= 11 is 6.18. The number of pyridine rings is 1. The lowest BCUT2D eigenvalue weighted by Gasteiger charge is -2.32. The van der Waals surface area contributed by atoms with Gasteiger partial charge in [-0.3, -0.25) is 4.79 Å². The first-order chi connectivity index (χ1) is 12.7. The zero-order chi connectivity index (χ0) is 17.9. The fraction of sp³-hybridized carbons (Fsp3) is 0.333. The molecule has 0 radical (unpaired) electrons. The molecule has 1 aliphatic rings. The van der Waals surface area contributed by atoms with Crippen LogP contribution in [0, 0.1) is 0 Å². The Morgan fingerprint density at radius 1 is 1.19 bits per heavy atom. The van der Waals surface area contributed by atoms with Crippen molar-refractivity contribution in [3.05, 3.63) is 64.9 Å². The van der Waals surface area contributed by atoms with Gasteiger partial charge in [0.2, 0.25) is 5.91 Å². The Labute approximate surface area is 158 Å². The molecule has 4 rings (SSSR count). The monoisotopic (exact) mass is 367 g/mol. The van der Waals surface area contributed by atoms with E-state index < -0.39 is 0 Å². The highest BCUT2D eigenvalue weighted by Gasteiger charge is 2.25. The molecule has 0 spiro atoms. The van der Waals surface area contributed by atoms with Crippen LogP contribution < -0.4 is 0 Å². The average Bonchev–Trinajstić information content (AvgIpc) is 3.11. The fourth-order valence-corrected chi connectivity index (χ4v) is 4.09. The first-order valence-corrected chi connectivity index (χ1v) is 9.53. The number of rotatable bonds is 4. The second kappa shape index (κ2) is 7.50. The molecule has 26 heavy (non-hydrogen) atoms. The van der Waals surface area contributed by atoms with Crippen molar-refractivity contribution in [3.63, 3.8) is 0 Å². The minimum atomic E-state index is 0.226. The van der Waals surface area contributed by atoms with Crippen molar-refractivity contribution in [1.82, 2.24) is 14.9 Å². The number of nitrogens with one attached hydrogen (secondary N) is 1. The number of hydrogen-bond acceptors (Lipinski definition) is 2. The first kappa shape index (κ1) is 17.1. The van der Waals surface area contributed by atoms with Crippen LogP contribution in [0.1, 0.15) is 36.3 Å². The topological polar surface area (TPSA) is 49.0 Å². The second-order valence-electron chi connectivity index (χ2n) is 6.89. The van der Waals surface area contributed by atoms with Crippen molar-refractivity contribution in [2.24, 2.45) is 0 Å². The number of carbonyl (C=O) groups is 1. The summed E-state index contributed by atoms with van der Waals surface area (Å²) in [6, 6.07) is 11.9. The Hall–Kier alpha value is -2.33. The Kier molecular flexibility index (Phi) is 4.93. The van der Waals surface area contributed by atoms with Crippen LogP contribution in [-0.2, 0) is 11.2 Å². The lowest BCUT2D eigenvalue weighted by Crippen LogP contribution is -2.38. The molecule has 4 nitrogen and oxygen atoms in total. The highest BCUT2D eigenvalue weighted by atomic mass is 35.5. The predicted molar refractivity (Wildman–Crippen MR) is 104 cm³/mol. The molecular formula is C21H22ClN3O. The van der Waals surface area contributed by atoms with Crippen LogP contribution in [0.4, 0.5) is 0 Å². The van der Waals surface area contributed by atoms with Gasteiger partial charge in [0.25, 0.3) is 0 Å². The molecule has 1 amide bonds. The minimum Gasteiger partial charge on any atom is -0.346 e. The van der Waals surface area contributed by atoms with E-state index in [9.17, 15) is 4.79 Å². The first-order valence-electron chi connectivity index (χ1n) is 9.15. The van der Waals surface area contributed by atoms with E-state index in [2.05, 4.69) is 22.2 Å². The third kappa shape index (κ3) is 3.47. The highest BCUT2D eigenvalue weighted by molar-refractivity contribution is 6.31. The Morgan fingerprint density at radius 2 is 2.00 bits per heavy atom. The highest BCUT2D eigenvalue weighted by Crippen LogP contribution is 2.32. The number of benzene rings is 1. The van der Waals surface area contributed by atoms with Gasteiger partial charge in [0, 0.05) is 42.3 Å². The largest absolute Gasteiger partial charge is 0.346 e. The quantitative estimate of drug-likeness (QED) is 0.735. The molecule has 1 aliphatic heterocycles. The van der Waals surface area contributed by atoms with E-state index in [-0.39, 0.29) is 5.91 Å². The third-order valence-electron chi connectivity index (χ3n) is 5.34. The summed E-state index contributed by atoms with van der Waals surface area (Å²) in [5.41, 5.74) is 3.32. The summed E-state index contributed by atoms with van der Waals surface area (Å²) in [6.07, 6.45) is 7.11. The number of aromatic amines is 1. The summed E-state index contributed by atoms with van der Waals surface area (Å²) < 4.78 is 0. The number of amides is 1. The van der Waals surface area contributed by atoms with Gasteiger partial charge in [-0.05, 0) is 54.5 Å². The van der Waals surface area contributed by atoms with Crippen molar-refractivity contribution in [3.8, 4) is 0 Å². The smallest absolute Gasteiger partial charge is 0.222 e. The number of aryl methyl sites for hydroxylation is 1. The summed E-state index contributed by atoms with van der Waals surface area (Å²) in [4.78, 5) is 22.2. The van der Waals surface area contributed by atoms with Crippen molar-refractivity contribution in [2.45, 2.75) is 31.6 Å². The zero-order valence-corrected chi connectivity index (χ0v) is 15.4. The van der Waals surface area contributed by atoms with Crippen LogP contribution >= 0.6 is 11.6 Å². The predicted octanol–water partition coefficient (Wildman–Crippen LogP) is 4.56. The van der Waals surface area contributed by atoms with Gasteiger partial charge in [-0.25, -0.2) is 4.98 Å². The van der Waals surface area contributed by atoms with Crippen molar-refractivity contribution in [2.75, 3.05) is 13.1 Å². The molecule has 1 N–H and O–H groups in total. The zero-order valence-electron chi connectivity index (χ0n) is 14.6. The maximum absolute atomic E-state index is 12.6. The molecule has 0 aliphatic carbocycles. The van der Waals surface area contributed by atoms with E-state index in [0.717, 1.165) is 42.2 Å². The van der Waals surface area contributed by atoms with E-state index in [4.69, 9.17) is 11.6 Å². The number of hydrogen-bond donors (Lipinski definition) is 1. The van der Waals surface area contributed by atoms with Crippen LogP contribution in [0.15, 0.2) is 48.8 Å². The SMILES string of the molecule is O=C(CCc1ccccc1Cl)N1CCC(c2c[nH]c3ncccc23)CC1. The fourth-order valence-electron chi connectivity index (χ4n) is 3.86. The average molecular weight is 368 g/mol. The molecule has 2 aromatic heterocycles. The van der Waals surface area contributed by atoms with Gasteiger partial charge in [0.1, 0.15) is 5.65 Å². The Bertz CT molecular complexity index is 912. The van der Waals surface area contributed by atoms with Crippen LogP contribution in [0.2, 0.25) is 5.02 Å². The van der Waals surface area contributed by atoms with Gasteiger partial charge >= 0.3 is 0 Å². The maximum Gasteiger partial charge on any atom is 0.222 e. The third-order valence-corrected chi connectivity index (χ3v) is 5.71. The number of piperidine rings is 1. The van der Waals surface area contributed by atoms with E-state index in [1.54, 1.807) is 0 Å². The van der Waals surface area contributed by atoms with Gasteiger partial charge in [-0.2, -0.15) is 0 Å². The minimum absolute atomic E-state index is 0.226. The molecule has 0 atom stereocenters. The summed E-state index contributed by atoms with van der Waals surface area (Å²) in [5, 5.41) is 1.95. The van der Waals surface area contributed by atoms with Crippen molar-refractivity contribution >= 4 is 28.5 Å². The molecule has 0 unspecified atom stereocenters. The molecule has 1 aromatic carbocycles. The molecular weight excluding hydrogens is 346 g/mol. The van der Waals surface area contributed by atoms with Gasteiger partial charge in [-0.15, -0.1) is 0 Å². The number of likely N-dealkylation sites (tertiary alicyclic amines) is 1. The molecule has 0 saturated carbocycles. The Balaban J connectivity index is 1.34. The van der Waals surface area contributed by atoms with E-state index in [1.807, 2.05) is 41.4 Å². The summed E-state index contributed by atoms with van der Waals surface area (Å²) in [5.74, 6) is 0.713. The lowest BCUT2D eigenvalue weighted by atomic mass is 9.89. The van der Waals surface area contributed by atoms with Gasteiger partial charge in [0.15, 0.2) is 0 Å². The summed E-state index contributed by atoms with van der Waals surface area (Å²) in [6.45, 7) is 1.64. The van der Waals surface area contributed by atoms with Gasteiger partial charge in [0.05, 0.1) is 0 Å². The number of aromatic nitrogens is 2. The number of H-pyrrole nitrogens is 1. The van der Waals surface area contributed by atoms with Crippen molar-refractivity contribution in [1.29, 1.82) is 0 Å². The number of fused-ring (bicyclic) bond motifs is 1. The molecule has 1 fully saturated rings. The molecule has 3 aromatic rings. The molecule has 5 heteroatoms. The van der Waals surface area contributed by atoms with Crippen LogP contribution in [0.25, 0.3) is 11.0 Å². The molecule has 3 heterocycles. The second-order valence-corrected chi connectivity index (χ2v) is 7.30. The lowest BCUT2D eigenvalue weighted by molar-refractivity contribution is -0.132. The molecule has 1 saturated heterocycles. The van der Waals surface area contributed by atoms with Gasteiger partial charge < -0.3 is 9.88 Å². The number of nitrogens with zero attached hydrogens (tertiary/aromatic N) is 2. The molecule has 134 valence electrons. The normalized spacial score (nSPS) is 15.5. The number of carbonyl (C=O) groups excluding carboxylic acids is 1. The van der Waals surface area contributed by atoms with Crippen molar-refractivity contribution < 1.29 is 4.79 Å². The van der Waals surface area contributed by atoms with Gasteiger partial charge in [-0.1, -0.05) is 29.8 Å². The van der Waals surface area contributed by atoms with Crippen LogP contribution in [-0.4, -0.2) is 33.9 Å². The molecule has 0 bridgehead atoms. The summed E-state index contributed by atoms with van der Waals surface area (Å²) in [7, 11) is 0. The Morgan fingerprint density at radius 3 is 2.81 bits per heavy atom. The van der Waals surface area contributed by atoms with E-state index in [1.165, 1.54) is 10.9 Å². The van der Waals surface area contributed by atoms with E-state index >= 15 is 0 Å². The maximum atomic E-state index is 12.6. The number of halogens is 1. The van der Waals surface area contributed by atoms with Crippen LogP contribution in [0.5, 0.6) is 0 Å². The van der Waals surface area contributed by atoms with Crippen LogP contribution in [0.3, 0.4) is 0 Å². The van der Waals surface area contributed by atoms with E-state index in [0.29, 0.717) is 18.8 Å².